The van der Waals surface area contributed by atoms with Gasteiger partial charge in [-0.2, -0.15) is 0 Å². The van der Waals surface area contributed by atoms with E-state index in [1.165, 1.54) is 7.11 Å². The molecule has 3 N–H and O–H groups in total. The highest BCUT2D eigenvalue weighted by atomic mass is 19.1. The summed E-state index contributed by atoms with van der Waals surface area (Å²) in [5.41, 5.74) is 5.12. The van der Waals surface area contributed by atoms with E-state index in [2.05, 4.69) is 29.5 Å². The summed E-state index contributed by atoms with van der Waals surface area (Å²) in [5, 5.41) is 25.3. The molecule has 4 heterocycles. The van der Waals surface area contributed by atoms with Gasteiger partial charge in [-0.05, 0) is 45.9 Å². The van der Waals surface area contributed by atoms with Gasteiger partial charge in [0.25, 0.3) is 0 Å². The van der Waals surface area contributed by atoms with Crippen molar-refractivity contribution >= 4 is 40.5 Å². The lowest BCUT2D eigenvalue weighted by atomic mass is 9.79. The molecular formula is C23H22BFN4O6. The summed E-state index contributed by atoms with van der Waals surface area (Å²) in [5.74, 6) is 0.0204. The first-order valence-corrected chi connectivity index (χ1v) is 10.5. The summed E-state index contributed by atoms with van der Waals surface area (Å²) >= 11 is 0. The highest BCUT2D eigenvalue weighted by Crippen LogP contribution is 2.32. The van der Waals surface area contributed by atoms with Crippen molar-refractivity contribution in [2.75, 3.05) is 7.11 Å². The Bertz CT molecular complexity index is 1520. The first kappa shape index (κ1) is 24.1. The number of H-pyrrole nitrogens is 1. The molecule has 0 spiro atoms. The Labute approximate surface area is 198 Å². The molecule has 0 aliphatic rings. The van der Waals surface area contributed by atoms with E-state index in [1.54, 1.807) is 26.1 Å². The first-order valence-electron chi connectivity index (χ1n) is 10.5. The molecule has 180 valence electrons. The number of rotatable bonds is 3. The fourth-order valence-electron chi connectivity index (χ4n) is 3.98. The van der Waals surface area contributed by atoms with E-state index in [9.17, 15) is 9.18 Å². The minimum absolute atomic E-state index is 0.144. The summed E-state index contributed by atoms with van der Waals surface area (Å²) in [7, 11) is -0.223. The lowest BCUT2D eigenvalue weighted by molar-refractivity contribution is 0.0600. The van der Waals surface area contributed by atoms with Gasteiger partial charge < -0.3 is 28.8 Å². The van der Waals surface area contributed by atoms with Gasteiger partial charge in [-0.25, -0.2) is 9.18 Å². The number of aromatic nitrogens is 4. The maximum Gasteiger partial charge on any atom is 0.494 e. The molecule has 0 aliphatic heterocycles. The normalized spacial score (nSPS) is 11.0. The number of hydrogen-bond acceptors (Lipinski definition) is 9. The third kappa shape index (κ3) is 4.41. The maximum atomic E-state index is 14.5. The molecule has 0 bridgehead atoms. The third-order valence-corrected chi connectivity index (χ3v) is 5.57. The van der Waals surface area contributed by atoms with Crippen molar-refractivity contribution in [3.05, 3.63) is 58.7 Å². The van der Waals surface area contributed by atoms with Crippen LogP contribution in [-0.4, -0.2) is 50.5 Å². The standard InChI is InChI=1S/C18H14FN3O3.C5H8BNO3/c1-8-15(9(2)25-22-8)11-6-14-17(20-7-11)16-12(19)4-10(18(23)24-3)5-13(16)21-14;1-3-5(6(8)9)4(2)10-7-3/h4-7,21H,1-3H3;8-9H,1-2H3. The Hall–Kier alpha value is -4.03. The number of aryl methyl sites for hydroxylation is 4. The largest absolute Gasteiger partial charge is 0.494 e. The van der Waals surface area contributed by atoms with Gasteiger partial charge in [-0.1, -0.05) is 10.3 Å². The summed E-state index contributed by atoms with van der Waals surface area (Å²) < 4.78 is 29.1. The van der Waals surface area contributed by atoms with Crippen LogP contribution in [0.2, 0.25) is 0 Å². The third-order valence-electron chi connectivity index (χ3n) is 5.57. The lowest BCUT2D eigenvalue weighted by Gasteiger charge is -2.01. The SMILES string of the molecule is COC(=O)c1cc(F)c2c(c1)[nH]c1cc(-c3c(C)noc3C)cnc12.Cc1noc(C)c1B(O)O. The van der Waals surface area contributed by atoms with E-state index in [0.29, 0.717) is 44.6 Å². The molecule has 1 aromatic carbocycles. The number of aromatic amines is 1. The molecule has 12 heteroatoms. The van der Waals surface area contributed by atoms with E-state index >= 15 is 0 Å². The van der Waals surface area contributed by atoms with Crippen LogP contribution in [0.25, 0.3) is 33.1 Å². The fraction of sp³-hybridized carbons (Fsp3) is 0.217. The number of hydrogen-bond donors (Lipinski definition) is 3. The molecule has 5 aromatic rings. The van der Waals surface area contributed by atoms with Crippen molar-refractivity contribution < 1.29 is 33.0 Å². The van der Waals surface area contributed by atoms with Crippen molar-refractivity contribution in [1.29, 1.82) is 0 Å². The molecule has 0 fully saturated rings. The van der Waals surface area contributed by atoms with Crippen LogP contribution in [0.1, 0.15) is 33.3 Å². The van der Waals surface area contributed by atoms with Crippen LogP contribution < -0.4 is 5.46 Å². The maximum absolute atomic E-state index is 14.5. The summed E-state index contributed by atoms with van der Waals surface area (Å²) in [6.45, 7) is 6.97. The number of benzene rings is 1. The second-order valence-electron chi connectivity index (χ2n) is 7.93. The predicted octanol–water partition coefficient (Wildman–Crippen LogP) is 2.88. The number of methoxy groups -OCH3 is 1. The highest BCUT2D eigenvalue weighted by molar-refractivity contribution is 6.59. The molecule has 0 aliphatic carbocycles. The number of halogens is 1. The Morgan fingerprint density at radius 2 is 1.71 bits per heavy atom. The van der Waals surface area contributed by atoms with Crippen LogP contribution in [0.3, 0.4) is 0 Å². The number of esters is 1. The molecule has 0 atom stereocenters. The van der Waals surface area contributed by atoms with E-state index in [4.69, 9.17) is 14.6 Å². The van der Waals surface area contributed by atoms with Crippen molar-refractivity contribution in [2.45, 2.75) is 27.7 Å². The monoisotopic (exact) mass is 480 g/mol. The zero-order chi connectivity index (χ0) is 25.4. The van der Waals surface area contributed by atoms with E-state index in [0.717, 1.165) is 22.9 Å². The number of carbonyl (C=O) groups excluding carboxylic acids is 1. The van der Waals surface area contributed by atoms with Gasteiger partial charge in [0.05, 0.1) is 46.0 Å². The van der Waals surface area contributed by atoms with Crippen LogP contribution in [-0.2, 0) is 4.74 Å². The molecular weight excluding hydrogens is 458 g/mol. The average Bonchev–Trinajstić information content (AvgIpc) is 3.46. The summed E-state index contributed by atoms with van der Waals surface area (Å²) in [6.07, 6.45) is 1.66. The molecule has 0 radical (unpaired) electrons. The molecule has 5 rings (SSSR count). The van der Waals surface area contributed by atoms with Gasteiger partial charge in [-0.15, -0.1) is 0 Å². The minimum atomic E-state index is -1.48. The topological polar surface area (TPSA) is 148 Å². The molecule has 4 aromatic heterocycles. The van der Waals surface area contributed by atoms with Crippen LogP contribution in [0.5, 0.6) is 0 Å². The molecule has 0 saturated heterocycles. The summed E-state index contributed by atoms with van der Waals surface area (Å²) in [4.78, 5) is 19.2. The van der Waals surface area contributed by atoms with Gasteiger partial charge in [-0.3, -0.25) is 4.98 Å². The highest BCUT2D eigenvalue weighted by Gasteiger charge is 2.21. The number of fused-ring (bicyclic) bond motifs is 3. The van der Waals surface area contributed by atoms with Crippen molar-refractivity contribution in [3.63, 3.8) is 0 Å². The quantitative estimate of drug-likeness (QED) is 0.262. The lowest BCUT2D eigenvalue weighted by Crippen LogP contribution is -2.32. The van der Waals surface area contributed by atoms with E-state index < -0.39 is 18.9 Å². The molecule has 35 heavy (non-hydrogen) atoms. The number of pyridine rings is 1. The average molecular weight is 480 g/mol. The van der Waals surface area contributed by atoms with Crippen LogP contribution in [0.4, 0.5) is 4.39 Å². The minimum Gasteiger partial charge on any atom is -0.465 e. The molecule has 0 amide bonds. The summed E-state index contributed by atoms with van der Waals surface area (Å²) in [6, 6.07) is 4.58. The van der Waals surface area contributed by atoms with Crippen molar-refractivity contribution in [3.8, 4) is 11.1 Å². The van der Waals surface area contributed by atoms with Gasteiger partial charge in [0.15, 0.2) is 0 Å². The predicted molar refractivity (Wildman–Crippen MR) is 126 cm³/mol. The second kappa shape index (κ2) is 9.32. The number of nitrogens with zero attached hydrogens (tertiary/aromatic N) is 3. The molecule has 10 nitrogen and oxygen atoms in total. The van der Waals surface area contributed by atoms with Crippen molar-refractivity contribution in [2.24, 2.45) is 0 Å². The fourth-order valence-corrected chi connectivity index (χ4v) is 3.98. The van der Waals surface area contributed by atoms with E-state index in [1.807, 2.05) is 19.9 Å². The Morgan fingerprint density at radius 1 is 1.03 bits per heavy atom. The Morgan fingerprint density at radius 3 is 2.26 bits per heavy atom. The first-order chi connectivity index (χ1) is 16.6. The zero-order valence-electron chi connectivity index (χ0n) is 19.6. The van der Waals surface area contributed by atoms with Gasteiger partial charge in [0.2, 0.25) is 0 Å². The van der Waals surface area contributed by atoms with Crippen molar-refractivity contribution in [1.82, 2.24) is 20.3 Å². The van der Waals surface area contributed by atoms with Gasteiger partial charge >= 0.3 is 13.1 Å². The smallest absolute Gasteiger partial charge is 0.465 e. The van der Waals surface area contributed by atoms with Gasteiger partial charge in [0, 0.05) is 22.8 Å². The number of nitrogens with one attached hydrogen (secondary N) is 1. The Balaban J connectivity index is 0.000000243. The van der Waals surface area contributed by atoms with E-state index in [-0.39, 0.29) is 5.56 Å². The number of ether oxygens (including phenoxy) is 1. The van der Waals surface area contributed by atoms with Crippen LogP contribution in [0.15, 0.2) is 33.4 Å². The zero-order valence-corrected chi connectivity index (χ0v) is 19.6. The number of carbonyl (C=O) groups is 1. The van der Waals surface area contributed by atoms with Crippen LogP contribution >= 0.6 is 0 Å². The second-order valence-corrected chi connectivity index (χ2v) is 7.93. The Kier molecular flexibility index (Phi) is 6.42. The molecule has 0 unspecified atom stereocenters. The molecule has 0 saturated carbocycles. The van der Waals surface area contributed by atoms with Crippen LogP contribution in [0, 0.1) is 33.5 Å². The van der Waals surface area contributed by atoms with Gasteiger partial charge in [0.1, 0.15) is 17.3 Å².